The van der Waals surface area contributed by atoms with Crippen LogP contribution in [0.3, 0.4) is 0 Å². The summed E-state index contributed by atoms with van der Waals surface area (Å²) in [5, 5.41) is 0. The molecule has 0 bridgehead atoms. The van der Waals surface area contributed by atoms with E-state index >= 15 is 0 Å². The third-order valence-electron chi connectivity index (χ3n) is 2.85. The van der Waals surface area contributed by atoms with E-state index in [0.717, 1.165) is 17.7 Å². The molecule has 0 aliphatic carbocycles. The summed E-state index contributed by atoms with van der Waals surface area (Å²) >= 11 is 3.23. The first-order chi connectivity index (χ1) is 9.43. The zero-order chi connectivity index (χ0) is 14.9. The maximum Gasteiger partial charge on any atom is 0.200 e. The second-order valence-corrected chi connectivity index (χ2v) is 5.13. The Morgan fingerprint density at radius 1 is 1.15 bits per heavy atom. The summed E-state index contributed by atoms with van der Waals surface area (Å²) in [5.74, 6) is -2.58. The standard InChI is InChI=1S/C15H11BrF2O2/c1-8-3-4-10(11(16)5-8)15(19)14-12(17)6-9(20-2)7-13(14)18/h3-7H,1-2H3. The van der Waals surface area contributed by atoms with Crippen LogP contribution in [0, 0.1) is 18.6 Å². The molecule has 0 amide bonds. The molecular weight excluding hydrogens is 330 g/mol. The number of methoxy groups -OCH3 is 1. The summed E-state index contributed by atoms with van der Waals surface area (Å²) in [6.45, 7) is 1.85. The van der Waals surface area contributed by atoms with E-state index in [1.165, 1.54) is 13.2 Å². The molecule has 104 valence electrons. The molecular formula is C15H11BrF2O2. The average Bonchev–Trinajstić information content (AvgIpc) is 2.37. The quantitative estimate of drug-likeness (QED) is 0.779. The minimum absolute atomic E-state index is 0.0273. The van der Waals surface area contributed by atoms with Crippen LogP contribution in [0.25, 0.3) is 0 Å². The summed E-state index contributed by atoms with van der Waals surface area (Å²) in [7, 11) is 1.30. The molecule has 2 aromatic rings. The Hall–Kier alpha value is -1.75. The number of carbonyl (C=O) groups is 1. The Morgan fingerprint density at radius 3 is 2.25 bits per heavy atom. The van der Waals surface area contributed by atoms with Crippen molar-refractivity contribution < 1.29 is 18.3 Å². The Labute approximate surface area is 123 Å². The molecule has 2 rings (SSSR count). The lowest BCUT2D eigenvalue weighted by Gasteiger charge is -2.08. The maximum absolute atomic E-state index is 13.9. The molecule has 0 N–H and O–H groups in total. The predicted molar refractivity (Wildman–Crippen MR) is 75.2 cm³/mol. The van der Waals surface area contributed by atoms with Gasteiger partial charge in [0.15, 0.2) is 5.78 Å². The van der Waals surface area contributed by atoms with Crippen molar-refractivity contribution >= 4 is 21.7 Å². The molecule has 0 aliphatic heterocycles. The van der Waals surface area contributed by atoms with Crippen LogP contribution in [-0.2, 0) is 0 Å². The number of benzene rings is 2. The summed E-state index contributed by atoms with van der Waals surface area (Å²) < 4.78 is 33.0. The Kier molecular flexibility index (Phi) is 4.18. The molecule has 20 heavy (non-hydrogen) atoms. The molecule has 0 radical (unpaired) electrons. The SMILES string of the molecule is COc1cc(F)c(C(=O)c2ccc(C)cc2Br)c(F)c1. The van der Waals surface area contributed by atoms with Crippen LogP contribution in [-0.4, -0.2) is 12.9 Å². The Morgan fingerprint density at radius 2 is 1.75 bits per heavy atom. The number of hydrogen-bond acceptors (Lipinski definition) is 2. The van der Waals surface area contributed by atoms with Gasteiger partial charge in [0.25, 0.3) is 0 Å². The van der Waals surface area contributed by atoms with E-state index < -0.39 is 23.0 Å². The van der Waals surface area contributed by atoms with Crippen molar-refractivity contribution in [3.05, 3.63) is 63.1 Å². The largest absolute Gasteiger partial charge is 0.497 e. The van der Waals surface area contributed by atoms with Gasteiger partial charge in [-0.2, -0.15) is 0 Å². The van der Waals surface area contributed by atoms with Crippen molar-refractivity contribution in [2.75, 3.05) is 7.11 Å². The van der Waals surface area contributed by atoms with Crippen molar-refractivity contribution in [2.45, 2.75) is 6.92 Å². The highest BCUT2D eigenvalue weighted by molar-refractivity contribution is 9.10. The van der Waals surface area contributed by atoms with Crippen molar-refractivity contribution in [3.8, 4) is 5.75 Å². The van der Waals surface area contributed by atoms with Gasteiger partial charge in [0.1, 0.15) is 17.4 Å². The molecule has 0 saturated carbocycles. The fraction of sp³-hybridized carbons (Fsp3) is 0.133. The second kappa shape index (κ2) is 5.71. The highest BCUT2D eigenvalue weighted by atomic mass is 79.9. The molecule has 0 saturated heterocycles. The first-order valence-electron chi connectivity index (χ1n) is 5.78. The first kappa shape index (κ1) is 14.7. The van der Waals surface area contributed by atoms with Crippen LogP contribution in [0.5, 0.6) is 5.75 Å². The molecule has 0 fully saturated rings. The Bertz CT molecular complexity index is 661. The predicted octanol–water partition coefficient (Wildman–Crippen LogP) is 4.28. The first-order valence-corrected chi connectivity index (χ1v) is 6.57. The van der Waals surface area contributed by atoms with E-state index in [1.807, 2.05) is 6.92 Å². The van der Waals surface area contributed by atoms with Gasteiger partial charge in [0.05, 0.1) is 12.7 Å². The lowest BCUT2D eigenvalue weighted by Crippen LogP contribution is -2.09. The summed E-state index contributed by atoms with van der Waals surface area (Å²) in [6.07, 6.45) is 0. The number of hydrogen-bond donors (Lipinski definition) is 0. The van der Waals surface area contributed by atoms with Crippen LogP contribution in [0.15, 0.2) is 34.8 Å². The average molecular weight is 341 g/mol. The second-order valence-electron chi connectivity index (χ2n) is 4.28. The molecule has 5 heteroatoms. The number of carbonyl (C=O) groups excluding carboxylic acids is 1. The molecule has 0 heterocycles. The minimum atomic E-state index is -0.945. The topological polar surface area (TPSA) is 26.3 Å². The van der Waals surface area contributed by atoms with E-state index in [0.29, 0.717) is 4.47 Å². The third kappa shape index (κ3) is 2.72. The lowest BCUT2D eigenvalue weighted by atomic mass is 10.0. The van der Waals surface area contributed by atoms with Crippen LogP contribution in [0.1, 0.15) is 21.5 Å². The Balaban J connectivity index is 2.54. The van der Waals surface area contributed by atoms with E-state index in [2.05, 4.69) is 15.9 Å². The summed E-state index contributed by atoms with van der Waals surface area (Å²) in [4.78, 5) is 12.3. The van der Waals surface area contributed by atoms with Gasteiger partial charge < -0.3 is 4.74 Å². The van der Waals surface area contributed by atoms with Crippen molar-refractivity contribution in [1.82, 2.24) is 0 Å². The van der Waals surface area contributed by atoms with Gasteiger partial charge >= 0.3 is 0 Å². The van der Waals surface area contributed by atoms with E-state index in [-0.39, 0.29) is 11.3 Å². The summed E-state index contributed by atoms with van der Waals surface area (Å²) in [5.41, 5.74) is 0.554. The van der Waals surface area contributed by atoms with Gasteiger partial charge in [0, 0.05) is 22.2 Å². The summed E-state index contributed by atoms with van der Waals surface area (Å²) in [6, 6.07) is 6.92. The van der Waals surface area contributed by atoms with Gasteiger partial charge in [-0.15, -0.1) is 0 Å². The highest BCUT2D eigenvalue weighted by Gasteiger charge is 2.22. The molecule has 0 aliphatic rings. The molecule has 2 nitrogen and oxygen atoms in total. The van der Waals surface area contributed by atoms with Crippen LogP contribution in [0.2, 0.25) is 0 Å². The van der Waals surface area contributed by atoms with Crippen LogP contribution in [0.4, 0.5) is 8.78 Å². The van der Waals surface area contributed by atoms with Crippen molar-refractivity contribution in [1.29, 1.82) is 0 Å². The zero-order valence-electron chi connectivity index (χ0n) is 10.8. The molecule has 0 aromatic heterocycles. The van der Waals surface area contributed by atoms with Crippen LogP contribution < -0.4 is 4.74 Å². The monoisotopic (exact) mass is 340 g/mol. The zero-order valence-corrected chi connectivity index (χ0v) is 12.4. The lowest BCUT2D eigenvalue weighted by molar-refractivity contribution is 0.103. The van der Waals surface area contributed by atoms with Gasteiger partial charge in [0.2, 0.25) is 0 Å². The fourth-order valence-electron chi connectivity index (χ4n) is 1.82. The van der Waals surface area contributed by atoms with Crippen LogP contribution >= 0.6 is 15.9 Å². The number of rotatable bonds is 3. The minimum Gasteiger partial charge on any atom is -0.497 e. The van der Waals surface area contributed by atoms with Gasteiger partial charge in [-0.3, -0.25) is 4.79 Å². The third-order valence-corrected chi connectivity index (χ3v) is 3.50. The maximum atomic E-state index is 13.9. The normalized spacial score (nSPS) is 10.4. The van der Waals surface area contributed by atoms with Gasteiger partial charge in [-0.05, 0) is 24.6 Å². The number of aryl methyl sites for hydroxylation is 1. The number of halogens is 3. The molecule has 0 atom stereocenters. The van der Waals surface area contributed by atoms with Gasteiger partial charge in [-0.25, -0.2) is 8.78 Å². The van der Waals surface area contributed by atoms with E-state index in [4.69, 9.17) is 4.74 Å². The highest BCUT2D eigenvalue weighted by Crippen LogP contribution is 2.26. The molecule has 0 spiro atoms. The molecule has 0 unspecified atom stereocenters. The number of ketones is 1. The van der Waals surface area contributed by atoms with Crippen molar-refractivity contribution in [3.63, 3.8) is 0 Å². The van der Waals surface area contributed by atoms with E-state index in [9.17, 15) is 13.6 Å². The smallest absolute Gasteiger partial charge is 0.200 e. The number of ether oxygens (including phenoxy) is 1. The molecule has 2 aromatic carbocycles. The van der Waals surface area contributed by atoms with Gasteiger partial charge in [-0.1, -0.05) is 22.0 Å². The van der Waals surface area contributed by atoms with Crippen molar-refractivity contribution in [2.24, 2.45) is 0 Å². The van der Waals surface area contributed by atoms with E-state index in [1.54, 1.807) is 12.1 Å². The fourth-order valence-corrected chi connectivity index (χ4v) is 2.50.